The van der Waals surface area contributed by atoms with Crippen molar-refractivity contribution in [1.82, 2.24) is 4.90 Å². The fourth-order valence-electron chi connectivity index (χ4n) is 5.50. The summed E-state index contributed by atoms with van der Waals surface area (Å²) >= 11 is 0. The summed E-state index contributed by atoms with van der Waals surface area (Å²) in [5, 5.41) is 0. The smallest absolute Gasteiger partial charge is 0.409 e. The van der Waals surface area contributed by atoms with Gasteiger partial charge < -0.3 is 52.3 Å². The lowest BCUT2D eigenvalue weighted by atomic mass is 9.98. The van der Waals surface area contributed by atoms with Crippen LogP contribution in [-0.2, 0) is 47.4 Å². The van der Waals surface area contributed by atoms with Crippen molar-refractivity contribution in [2.75, 3.05) is 126 Å². The summed E-state index contributed by atoms with van der Waals surface area (Å²) in [4.78, 5) is 14.1. The summed E-state index contributed by atoms with van der Waals surface area (Å²) < 4.78 is 55.5. The van der Waals surface area contributed by atoms with Crippen LogP contribution in [0.5, 0.6) is 0 Å². The Hall–Kier alpha value is -2.65. The zero-order chi connectivity index (χ0) is 34.2. The van der Waals surface area contributed by atoms with E-state index < -0.39 is 0 Å². The van der Waals surface area contributed by atoms with E-state index in [1.165, 1.54) is 27.2 Å². The third kappa shape index (κ3) is 15.0. The van der Waals surface area contributed by atoms with Crippen LogP contribution in [0.2, 0.25) is 0 Å². The predicted molar refractivity (Wildman–Crippen MR) is 183 cm³/mol. The number of fused-ring (bicyclic) bond motifs is 3. The SMILES string of the molecule is CN(CCOCCOCCOCCOCCOCCOCCOCCOC1CCCCO1)C(=O)OCC1c2ccccc2-c2ccccc21. The Morgan fingerprint density at radius 1 is 0.633 bits per heavy atom. The Labute approximate surface area is 291 Å². The first kappa shape index (κ1) is 39.1. The highest BCUT2D eigenvalue weighted by Crippen LogP contribution is 2.44. The second-order valence-electron chi connectivity index (χ2n) is 11.7. The molecule has 274 valence electrons. The summed E-state index contributed by atoms with van der Waals surface area (Å²) in [5.41, 5.74) is 4.81. The highest BCUT2D eigenvalue weighted by molar-refractivity contribution is 5.79. The molecule has 2 aromatic rings. The minimum atomic E-state index is -0.360. The van der Waals surface area contributed by atoms with E-state index >= 15 is 0 Å². The third-order valence-electron chi connectivity index (χ3n) is 8.12. The van der Waals surface area contributed by atoms with Gasteiger partial charge in [0, 0.05) is 26.1 Å². The molecule has 1 aliphatic heterocycles. The average molecular weight is 690 g/mol. The largest absolute Gasteiger partial charge is 0.448 e. The van der Waals surface area contributed by atoms with Crippen LogP contribution in [-0.4, -0.2) is 143 Å². The molecule has 12 heteroatoms. The first-order chi connectivity index (χ1) is 24.2. The molecule has 0 radical (unpaired) electrons. The monoisotopic (exact) mass is 689 g/mol. The first-order valence-electron chi connectivity index (χ1n) is 17.6. The maximum atomic E-state index is 12.6. The number of likely N-dealkylation sites (N-methyl/N-ethyl adjacent to an activating group) is 1. The van der Waals surface area contributed by atoms with Crippen LogP contribution in [0.1, 0.15) is 36.3 Å². The van der Waals surface area contributed by atoms with Crippen molar-refractivity contribution in [2.45, 2.75) is 31.5 Å². The van der Waals surface area contributed by atoms with Crippen molar-refractivity contribution in [1.29, 1.82) is 0 Å². The lowest BCUT2D eigenvalue weighted by molar-refractivity contribution is -0.169. The standard InChI is InChI=1S/C37H55NO11/c1-38(37(39)49-30-35-33-10-4-2-8-31(33)32-9-3-5-11-34(32)35)13-15-40-16-17-41-18-19-42-20-21-43-22-23-44-24-25-45-26-27-46-28-29-48-36-12-6-7-14-47-36/h2-5,8-11,35-36H,6-7,12-30H2,1H3. The summed E-state index contributed by atoms with van der Waals surface area (Å²) in [5.74, 6) is 0.0429. The van der Waals surface area contributed by atoms with E-state index in [9.17, 15) is 4.79 Å². The molecular formula is C37H55NO11. The number of benzene rings is 2. The van der Waals surface area contributed by atoms with Crippen LogP contribution in [0.3, 0.4) is 0 Å². The molecular weight excluding hydrogens is 634 g/mol. The van der Waals surface area contributed by atoms with E-state index in [1.807, 2.05) is 24.3 Å². The molecule has 12 nitrogen and oxygen atoms in total. The minimum Gasteiger partial charge on any atom is -0.448 e. The maximum absolute atomic E-state index is 12.6. The number of carbonyl (C=O) groups excluding carboxylic acids is 1. The van der Waals surface area contributed by atoms with Crippen LogP contribution in [0.15, 0.2) is 48.5 Å². The Bertz CT molecular complexity index is 1120. The van der Waals surface area contributed by atoms with Gasteiger partial charge in [0.2, 0.25) is 0 Å². The quantitative estimate of drug-likeness (QED) is 0.123. The number of carbonyl (C=O) groups is 1. The molecule has 1 atom stereocenters. The second kappa shape index (κ2) is 24.5. The lowest BCUT2D eigenvalue weighted by Crippen LogP contribution is -2.32. The van der Waals surface area contributed by atoms with Gasteiger partial charge >= 0.3 is 6.09 Å². The number of rotatable bonds is 27. The molecule has 0 saturated carbocycles. The van der Waals surface area contributed by atoms with Crippen molar-refractivity contribution in [3.63, 3.8) is 0 Å². The molecule has 1 saturated heterocycles. The summed E-state index contributed by atoms with van der Waals surface area (Å²) in [6, 6.07) is 16.6. The molecule has 0 N–H and O–H groups in total. The van der Waals surface area contributed by atoms with Gasteiger partial charge in [-0.1, -0.05) is 48.5 Å². The molecule has 4 rings (SSSR count). The van der Waals surface area contributed by atoms with Crippen molar-refractivity contribution < 1.29 is 52.2 Å². The Morgan fingerprint density at radius 2 is 1.08 bits per heavy atom. The van der Waals surface area contributed by atoms with Gasteiger partial charge in [0.1, 0.15) is 6.61 Å². The molecule has 0 aromatic heterocycles. The fourth-order valence-corrected chi connectivity index (χ4v) is 5.50. The van der Waals surface area contributed by atoms with E-state index in [0.29, 0.717) is 112 Å². The number of hydrogen-bond acceptors (Lipinski definition) is 11. The highest BCUT2D eigenvalue weighted by Gasteiger charge is 2.29. The fraction of sp³-hybridized carbons (Fsp3) is 0.649. The van der Waals surface area contributed by atoms with E-state index in [4.69, 9.17) is 47.4 Å². The Morgan fingerprint density at radius 3 is 1.55 bits per heavy atom. The second-order valence-corrected chi connectivity index (χ2v) is 11.7. The zero-order valence-electron chi connectivity index (χ0n) is 29.1. The average Bonchev–Trinajstić information content (AvgIpc) is 3.46. The first-order valence-corrected chi connectivity index (χ1v) is 17.6. The number of hydrogen-bond donors (Lipinski definition) is 0. The van der Waals surface area contributed by atoms with Gasteiger partial charge in [-0.3, -0.25) is 0 Å². The van der Waals surface area contributed by atoms with E-state index in [2.05, 4.69) is 24.3 Å². The Balaban J connectivity index is 0.847. The van der Waals surface area contributed by atoms with Crippen molar-refractivity contribution in [2.24, 2.45) is 0 Å². The topological polar surface area (TPSA) is 113 Å². The molecule has 1 aliphatic carbocycles. The third-order valence-corrected chi connectivity index (χ3v) is 8.12. The van der Waals surface area contributed by atoms with Crippen molar-refractivity contribution >= 4 is 6.09 Å². The molecule has 2 aromatic carbocycles. The van der Waals surface area contributed by atoms with Gasteiger partial charge in [-0.15, -0.1) is 0 Å². The van der Waals surface area contributed by atoms with Gasteiger partial charge in [-0.25, -0.2) is 4.79 Å². The Kier molecular flexibility index (Phi) is 19.6. The van der Waals surface area contributed by atoms with Crippen molar-refractivity contribution in [3.05, 3.63) is 59.7 Å². The molecule has 1 unspecified atom stereocenters. The van der Waals surface area contributed by atoms with Gasteiger partial charge in [-0.2, -0.15) is 0 Å². The summed E-state index contributed by atoms with van der Waals surface area (Å²) in [6.45, 7) is 8.91. The van der Waals surface area contributed by atoms with E-state index in [1.54, 1.807) is 7.05 Å². The molecule has 1 heterocycles. The van der Waals surface area contributed by atoms with Gasteiger partial charge in [0.15, 0.2) is 6.29 Å². The molecule has 2 aliphatic rings. The van der Waals surface area contributed by atoms with Crippen LogP contribution in [0.4, 0.5) is 4.79 Å². The highest BCUT2D eigenvalue weighted by atomic mass is 16.7. The lowest BCUT2D eigenvalue weighted by Gasteiger charge is -2.22. The van der Waals surface area contributed by atoms with Crippen molar-refractivity contribution in [3.8, 4) is 11.1 Å². The van der Waals surface area contributed by atoms with E-state index in [0.717, 1.165) is 25.9 Å². The van der Waals surface area contributed by atoms with Crippen LogP contribution in [0.25, 0.3) is 11.1 Å². The van der Waals surface area contributed by atoms with Gasteiger partial charge in [0.25, 0.3) is 0 Å². The van der Waals surface area contributed by atoms with E-state index in [-0.39, 0.29) is 18.3 Å². The molecule has 1 fully saturated rings. The number of ether oxygens (including phenoxy) is 10. The summed E-state index contributed by atoms with van der Waals surface area (Å²) in [7, 11) is 1.72. The normalized spacial score (nSPS) is 15.7. The number of amides is 1. The number of nitrogens with zero attached hydrogens (tertiary/aromatic N) is 1. The minimum absolute atomic E-state index is 0.0429. The van der Waals surface area contributed by atoms with Gasteiger partial charge in [-0.05, 0) is 41.5 Å². The van der Waals surface area contributed by atoms with Gasteiger partial charge in [0.05, 0.1) is 99.1 Å². The molecule has 1 amide bonds. The van der Waals surface area contributed by atoms with Crippen LogP contribution in [0, 0.1) is 0 Å². The summed E-state index contributed by atoms with van der Waals surface area (Å²) in [6.07, 6.45) is 2.82. The zero-order valence-corrected chi connectivity index (χ0v) is 29.1. The maximum Gasteiger partial charge on any atom is 0.409 e. The molecule has 49 heavy (non-hydrogen) atoms. The van der Waals surface area contributed by atoms with Crippen LogP contribution < -0.4 is 0 Å². The molecule has 0 spiro atoms. The molecule has 0 bridgehead atoms. The predicted octanol–water partition coefficient (Wildman–Crippen LogP) is 4.53. The van der Waals surface area contributed by atoms with Crippen LogP contribution >= 0.6 is 0 Å².